The molecule has 0 amide bonds. The van der Waals surface area contributed by atoms with Crippen LogP contribution in [0, 0.1) is 0 Å². The lowest BCUT2D eigenvalue weighted by atomic mass is 10.0. The monoisotopic (exact) mass is 230 g/mol. The van der Waals surface area contributed by atoms with E-state index in [-0.39, 0.29) is 5.54 Å². The Bertz CT molecular complexity index is 496. The molecule has 1 saturated heterocycles. The molecule has 1 fully saturated rings. The Hall–Kier alpha value is -1.55. The van der Waals surface area contributed by atoms with Gasteiger partial charge in [0.05, 0.1) is 11.0 Å². The Kier molecular flexibility index (Phi) is 2.33. The molecule has 2 N–H and O–H groups in total. The van der Waals surface area contributed by atoms with E-state index in [1.807, 2.05) is 18.2 Å². The van der Waals surface area contributed by atoms with Gasteiger partial charge < -0.3 is 15.2 Å². The summed E-state index contributed by atoms with van der Waals surface area (Å²) in [6, 6.07) is 8.18. The lowest BCUT2D eigenvalue weighted by Gasteiger charge is -2.42. The van der Waals surface area contributed by atoms with E-state index < -0.39 is 0 Å². The van der Waals surface area contributed by atoms with E-state index in [0.717, 1.165) is 36.6 Å². The molecule has 2 aromatic rings. The van der Waals surface area contributed by atoms with E-state index in [1.165, 1.54) is 0 Å². The van der Waals surface area contributed by atoms with Crippen molar-refractivity contribution in [1.29, 1.82) is 0 Å². The molecular weight excluding hydrogens is 212 g/mol. The maximum Gasteiger partial charge on any atom is 0.204 e. The molecule has 1 aromatic carbocycles. The van der Waals surface area contributed by atoms with Crippen LogP contribution in [-0.2, 0) is 0 Å². The fourth-order valence-corrected chi connectivity index (χ4v) is 2.44. The molecule has 0 unspecified atom stereocenters. The zero-order valence-electron chi connectivity index (χ0n) is 10.3. The Morgan fingerprint density at radius 3 is 2.88 bits per heavy atom. The fraction of sp³-hybridized carbons (Fsp3) is 0.462. The minimum Gasteiger partial charge on any atom is -0.335 e. The number of imidazole rings is 1. The summed E-state index contributed by atoms with van der Waals surface area (Å²) in [5.41, 5.74) is 2.25. The van der Waals surface area contributed by atoms with Crippen LogP contribution in [0.1, 0.15) is 13.8 Å². The third kappa shape index (κ3) is 1.78. The highest BCUT2D eigenvalue weighted by Crippen LogP contribution is 2.24. The molecule has 1 aliphatic rings. The molecule has 1 aromatic heterocycles. The number of fused-ring (bicyclic) bond motifs is 1. The summed E-state index contributed by atoms with van der Waals surface area (Å²) in [6.45, 7) is 7.48. The van der Waals surface area contributed by atoms with Gasteiger partial charge in [0.15, 0.2) is 0 Å². The summed E-state index contributed by atoms with van der Waals surface area (Å²) < 4.78 is 0. The average molecular weight is 230 g/mol. The van der Waals surface area contributed by atoms with E-state index in [2.05, 4.69) is 40.1 Å². The van der Waals surface area contributed by atoms with Crippen molar-refractivity contribution in [3.05, 3.63) is 24.3 Å². The number of nitrogens with one attached hydrogen (secondary N) is 2. The number of piperazine rings is 1. The second kappa shape index (κ2) is 3.74. The third-order valence-electron chi connectivity index (χ3n) is 3.43. The molecule has 17 heavy (non-hydrogen) atoms. The zero-order chi connectivity index (χ0) is 11.9. The van der Waals surface area contributed by atoms with Gasteiger partial charge in [0.1, 0.15) is 0 Å². The summed E-state index contributed by atoms with van der Waals surface area (Å²) in [6.07, 6.45) is 0. The smallest absolute Gasteiger partial charge is 0.204 e. The molecule has 1 aliphatic heterocycles. The number of para-hydroxylation sites is 2. The van der Waals surface area contributed by atoms with Gasteiger partial charge in [0, 0.05) is 25.2 Å². The highest BCUT2D eigenvalue weighted by Gasteiger charge is 2.31. The first-order valence-electron chi connectivity index (χ1n) is 6.10. The molecule has 90 valence electrons. The van der Waals surface area contributed by atoms with Crippen LogP contribution in [0.5, 0.6) is 0 Å². The summed E-state index contributed by atoms with van der Waals surface area (Å²) in [5, 5.41) is 3.43. The SMILES string of the molecule is CC1(C)CNCCN1c1nc2ccccc2[nH]1. The van der Waals surface area contributed by atoms with Crippen LogP contribution in [0.2, 0.25) is 0 Å². The highest BCUT2D eigenvalue weighted by atomic mass is 15.3. The Morgan fingerprint density at radius 1 is 1.29 bits per heavy atom. The molecule has 0 radical (unpaired) electrons. The van der Waals surface area contributed by atoms with Crippen LogP contribution in [-0.4, -0.2) is 35.1 Å². The lowest BCUT2D eigenvalue weighted by molar-refractivity contribution is 0.376. The second-order valence-corrected chi connectivity index (χ2v) is 5.22. The maximum atomic E-state index is 4.67. The molecule has 3 rings (SSSR count). The van der Waals surface area contributed by atoms with Crippen LogP contribution < -0.4 is 10.2 Å². The standard InChI is InChI=1S/C13H18N4/c1-13(2)9-14-7-8-17(13)12-15-10-5-3-4-6-11(10)16-12/h3-6,14H,7-9H2,1-2H3,(H,15,16). The second-order valence-electron chi connectivity index (χ2n) is 5.22. The number of aromatic nitrogens is 2. The number of anilines is 1. The number of hydrogen-bond donors (Lipinski definition) is 2. The normalized spacial score (nSPS) is 19.8. The van der Waals surface area contributed by atoms with Crippen molar-refractivity contribution >= 4 is 17.0 Å². The van der Waals surface area contributed by atoms with Crippen LogP contribution in [0.15, 0.2) is 24.3 Å². The summed E-state index contributed by atoms with van der Waals surface area (Å²) in [7, 11) is 0. The van der Waals surface area contributed by atoms with Gasteiger partial charge in [-0.25, -0.2) is 4.98 Å². The maximum absolute atomic E-state index is 4.67. The van der Waals surface area contributed by atoms with Gasteiger partial charge in [-0.3, -0.25) is 0 Å². The first-order chi connectivity index (χ1) is 8.17. The molecule has 4 heteroatoms. The highest BCUT2D eigenvalue weighted by molar-refractivity contribution is 5.77. The molecule has 0 spiro atoms. The summed E-state index contributed by atoms with van der Waals surface area (Å²) in [5.74, 6) is 0.984. The van der Waals surface area contributed by atoms with E-state index in [4.69, 9.17) is 0 Å². The number of nitrogens with zero attached hydrogens (tertiary/aromatic N) is 2. The van der Waals surface area contributed by atoms with E-state index >= 15 is 0 Å². The van der Waals surface area contributed by atoms with Gasteiger partial charge in [0.25, 0.3) is 0 Å². The van der Waals surface area contributed by atoms with Gasteiger partial charge in [-0.2, -0.15) is 0 Å². The van der Waals surface area contributed by atoms with Gasteiger partial charge in [-0.15, -0.1) is 0 Å². The Balaban J connectivity index is 2.02. The summed E-state index contributed by atoms with van der Waals surface area (Å²) >= 11 is 0. The number of H-pyrrole nitrogens is 1. The number of rotatable bonds is 1. The van der Waals surface area contributed by atoms with Crippen molar-refractivity contribution in [2.24, 2.45) is 0 Å². The molecule has 2 heterocycles. The van der Waals surface area contributed by atoms with Crippen molar-refractivity contribution in [2.75, 3.05) is 24.5 Å². The molecular formula is C13H18N4. The van der Waals surface area contributed by atoms with Gasteiger partial charge in [0.2, 0.25) is 5.95 Å². The largest absolute Gasteiger partial charge is 0.335 e. The van der Waals surface area contributed by atoms with Crippen molar-refractivity contribution in [1.82, 2.24) is 15.3 Å². The minimum absolute atomic E-state index is 0.103. The minimum atomic E-state index is 0.103. The lowest BCUT2D eigenvalue weighted by Crippen LogP contribution is -2.58. The van der Waals surface area contributed by atoms with Crippen molar-refractivity contribution < 1.29 is 0 Å². The van der Waals surface area contributed by atoms with E-state index in [1.54, 1.807) is 0 Å². The van der Waals surface area contributed by atoms with Crippen LogP contribution >= 0.6 is 0 Å². The molecule has 0 bridgehead atoms. The number of aromatic amines is 1. The van der Waals surface area contributed by atoms with Crippen LogP contribution in [0.4, 0.5) is 5.95 Å². The predicted molar refractivity (Wildman–Crippen MR) is 70.4 cm³/mol. The van der Waals surface area contributed by atoms with E-state index in [9.17, 15) is 0 Å². The van der Waals surface area contributed by atoms with Gasteiger partial charge in [-0.1, -0.05) is 12.1 Å². The Morgan fingerprint density at radius 2 is 2.12 bits per heavy atom. The quantitative estimate of drug-likeness (QED) is 0.784. The van der Waals surface area contributed by atoms with Crippen molar-refractivity contribution in [3.63, 3.8) is 0 Å². The zero-order valence-corrected chi connectivity index (χ0v) is 10.3. The van der Waals surface area contributed by atoms with E-state index in [0.29, 0.717) is 0 Å². The third-order valence-corrected chi connectivity index (χ3v) is 3.43. The van der Waals surface area contributed by atoms with Gasteiger partial charge in [-0.05, 0) is 26.0 Å². The van der Waals surface area contributed by atoms with Crippen LogP contribution in [0.3, 0.4) is 0 Å². The van der Waals surface area contributed by atoms with Crippen molar-refractivity contribution in [3.8, 4) is 0 Å². The fourth-order valence-electron chi connectivity index (χ4n) is 2.44. The number of benzene rings is 1. The average Bonchev–Trinajstić information content (AvgIpc) is 2.71. The van der Waals surface area contributed by atoms with Crippen LogP contribution in [0.25, 0.3) is 11.0 Å². The first kappa shape index (κ1) is 10.6. The molecule has 0 atom stereocenters. The predicted octanol–water partition coefficient (Wildman–Crippen LogP) is 1.75. The first-order valence-corrected chi connectivity index (χ1v) is 6.10. The molecule has 0 saturated carbocycles. The van der Waals surface area contributed by atoms with Crippen molar-refractivity contribution in [2.45, 2.75) is 19.4 Å². The number of hydrogen-bond acceptors (Lipinski definition) is 3. The molecule has 4 nitrogen and oxygen atoms in total. The topological polar surface area (TPSA) is 44.0 Å². The summed E-state index contributed by atoms with van der Waals surface area (Å²) in [4.78, 5) is 10.4. The Labute approximate surface area is 101 Å². The molecule has 0 aliphatic carbocycles. The van der Waals surface area contributed by atoms with Gasteiger partial charge >= 0.3 is 0 Å².